The number of hydrogen-bond acceptors (Lipinski definition) is 2. The van der Waals surface area contributed by atoms with E-state index < -0.39 is 5.91 Å². The summed E-state index contributed by atoms with van der Waals surface area (Å²) in [6.07, 6.45) is 0. The van der Waals surface area contributed by atoms with E-state index in [9.17, 15) is 4.79 Å². The average Bonchev–Trinajstić information content (AvgIpc) is 2.25. The zero-order valence-electron chi connectivity index (χ0n) is 10.6. The molecule has 1 rings (SSSR count). The molecule has 1 aromatic carbocycles. The van der Waals surface area contributed by atoms with Crippen molar-refractivity contribution in [3.63, 3.8) is 0 Å². The number of halogens is 1. The molecule has 0 saturated carbocycles. The van der Waals surface area contributed by atoms with E-state index in [1.807, 2.05) is 26.8 Å². The minimum absolute atomic E-state index is 0.201. The molecule has 0 heterocycles. The summed E-state index contributed by atoms with van der Waals surface area (Å²) in [6.45, 7) is 6.11. The van der Waals surface area contributed by atoms with Gasteiger partial charge in [0, 0.05) is 22.0 Å². The smallest absolute Gasteiger partial charge is 0.249 e. The number of amides is 1. The van der Waals surface area contributed by atoms with Gasteiger partial charge in [-0.15, -0.1) is 0 Å². The summed E-state index contributed by atoms with van der Waals surface area (Å²) >= 11 is 3.42. The highest BCUT2D eigenvalue weighted by molar-refractivity contribution is 9.08. The van der Waals surface area contributed by atoms with Crippen LogP contribution in [0.3, 0.4) is 0 Å². The zero-order valence-corrected chi connectivity index (χ0v) is 12.2. The van der Waals surface area contributed by atoms with Gasteiger partial charge >= 0.3 is 0 Å². The minimum Gasteiger partial charge on any atom is -0.496 e. The lowest BCUT2D eigenvalue weighted by Crippen LogP contribution is -2.22. The number of carbonyl (C=O) groups is 1. The summed E-state index contributed by atoms with van der Waals surface area (Å²) in [6, 6.07) is 3.63. The fraction of sp³-hybridized carbons (Fsp3) is 0.462. The lowest BCUT2D eigenvalue weighted by Gasteiger charge is -2.26. The highest BCUT2D eigenvalue weighted by Gasteiger charge is 2.26. The van der Waals surface area contributed by atoms with Crippen LogP contribution in [0.2, 0.25) is 0 Å². The predicted octanol–water partition coefficient (Wildman–Crippen LogP) is 2.99. The van der Waals surface area contributed by atoms with E-state index in [2.05, 4.69) is 15.9 Å². The largest absolute Gasteiger partial charge is 0.496 e. The molecule has 0 aliphatic carbocycles. The average molecular weight is 300 g/mol. The molecular formula is C13H18BrNO2. The van der Waals surface area contributed by atoms with Gasteiger partial charge in [-0.05, 0) is 11.5 Å². The second-order valence-corrected chi connectivity index (χ2v) is 5.49. The number of carbonyl (C=O) groups excluding carboxylic acids is 1. The summed E-state index contributed by atoms with van der Waals surface area (Å²) in [4.78, 5) is 11.5. The Morgan fingerprint density at radius 1 is 1.41 bits per heavy atom. The molecule has 0 unspecified atom stereocenters. The summed E-state index contributed by atoms with van der Waals surface area (Å²) in [5.41, 5.74) is 7.63. The number of ether oxygens (including phenoxy) is 1. The van der Waals surface area contributed by atoms with Crippen molar-refractivity contribution in [2.24, 2.45) is 5.73 Å². The van der Waals surface area contributed by atoms with Crippen LogP contribution in [0.1, 0.15) is 42.3 Å². The molecule has 0 bridgehead atoms. The summed E-state index contributed by atoms with van der Waals surface area (Å²) in [5.74, 6) is 0.319. The first-order chi connectivity index (χ1) is 7.82. The van der Waals surface area contributed by atoms with Gasteiger partial charge in [0.05, 0.1) is 7.11 Å². The molecule has 0 fully saturated rings. The van der Waals surface area contributed by atoms with Crippen molar-refractivity contribution in [2.45, 2.75) is 31.5 Å². The van der Waals surface area contributed by atoms with E-state index in [0.717, 1.165) is 16.9 Å². The Bertz CT molecular complexity index is 436. The Kier molecular flexibility index (Phi) is 4.20. The molecule has 17 heavy (non-hydrogen) atoms. The van der Waals surface area contributed by atoms with Crippen molar-refractivity contribution in [1.29, 1.82) is 0 Å². The molecule has 0 spiro atoms. The van der Waals surface area contributed by atoms with Crippen molar-refractivity contribution in [2.75, 3.05) is 7.11 Å². The van der Waals surface area contributed by atoms with Gasteiger partial charge < -0.3 is 10.5 Å². The lowest BCUT2D eigenvalue weighted by atomic mass is 9.81. The molecule has 0 atom stereocenters. The Hall–Kier alpha value is -1.03. The van der Waals surface area contributed by atoms with Gasteiger partial charge in [-0.25, -0.2) is 0 Å². The van der Waals surface area contributed by atoms with Crippen molar-refractivity contribution in [1.82, 2.24) is 0 Å². The first kappa shape index (κ1) is 14.0. The van der Waals surface area contributed by atoms with Gasteiger partial charge in [-0.3, -0.25) is 4.79 Å². The maximum atomic E-state index is 11.5. The molecule has 0 aromatic heterocycles. The Morgan fingerprint density at radius 3 is 2.35 bits per heavy atom. The van der Waals surface area contributed by atoms with Crippen LogP contribution in [-0.2, 0) is 10.7 Å². The van der Waals surface area contributed by atoms with Gasteiger partial charge in [0.1, 0.15) is 5.75 Å². The number of nitrogens with two attached hydrogens (primary N) is 1. The van der Waals surface area contributed by atoms with Crippen LogP contribution in [-0.4, -0.2) is 13.0 Å². The molecule has 4 heteroatoms. The fourth-order valence-corrected chi connectivity index (χ4v) is 2.36. The molecule has 0 saturated heterocycles. The molecule has 3 nitrogen and oxygen atoms in total. The van der Waals surface area contributed by atoms with Gasteiger partial charge in [0.2, 0.25) is 5.91 Å². The third-order valence-corrected chi connectivity index (χ3v) is 3.21. The van der Waals surface area contributed by atoms with Crippen molar-refractivity contribution in [3.05, 3.63) is 28.8 Å². The predicted molar refractivity (Wildman–Crippen MR) is 72.8 cm³/mol. The molecule has 1 amide bonds. The van der Waals surface area contributed by atoms with Crippen LogP contribution in [0.5, 0.6) is 5.75 Å². The first-order valence-electron chi connectivity index (χ1n) is 5.39. The van der Waals surface area contributed by atoms with E-state index in [4.69, 9.17) is 10.5 Å². The number of methoxy groups -OCH3 is 1. The minimum atomic E-state index is -0.422. The van der Waals surface area contributed by atoms with E-state index >= 15 is 0 Å². The third-order valence-electron chi connectivity index (χ3n) is 2.60. The number of rotatable bonds is 3. The van der Waals surface area contributed by atoms with E-state index in [1.54, 1.807) is 13.2 Å². The van der Waals surface area contributed by atoms with Crippen LogP contribution >= 0.6 is 15.9 Å². The highest BCUT2D eigenvalue weighted by atomic mass is 79.9. The number of benzene rings is 1. The summed E-state index contributed by atoms with van der Waals surface area (Å²) in [5, 5.41) is 0.679. The van der Waals surface area contributed by atoms with Crippen molar-refractivity contribution >= 4 is 21.8 Å². The first-order valence-corrected chi connectivity index (χ1v) is 6.51. The third kappa shape index (κ3) is 2.80. The fourth-order valence-electron chi connectivity index (χ4n) is 1.91. The Morgan fingerprint density at radius 2 is 2.00 bits per heavy atom. The monoisotopic (exact) mass is 299 g/mol. The SMILES string of the molecule is COc1c(CBr)ccc(C(N)=O)c1C(C)(C)C. The standard InChI is InChI=1S/C13H18BrNO2/c1-13(2,3)10-9(12(15)16)6-5-8(7-14)11(10)17-4/h5-6H,7H2,1-4H3,(H2,15,16). The van der Waals surface area contributed by atoms with Crippen molar-refractivity contribution < 1.29 is 9.53 Å². The van der Waals surface area contributed by atoms with Crippen LogP contribution in [0.4, 0.5) is 0 Å². The Balaban J connectivity index is 3.62. The molecule has 2 N–H and O–H groups in total. The van der Waals surface area contributed by atoms with E-state index in [0.29, 0.717) is 10.9 Å². The molecule has 0 aliphatic rings. The van der Waals surface area contributed by atoms with Crippen LogP contribution < -0.4 is 10.5 Å². The Labute approximate surface area is 110 Å². The topological polar surface area (TPSA) is 52.3 Å². The van der Waals surface area contributed by atoms with Crippen molar-refractivity contribution in [3.8, 4) is 5.75 Å². The summed E-state index contributed by atoms with van der Waals surface area (Å²) in [7, 11) is 1.61. The normalized spacial score (nSPS) is 11.4. The number of hydrogen-bond donors (Lipinski definition) is 1. The molecule has 1 aromatic rings. The van der Waals surface area contributed by atoms with Gasteiger partial charge in [-0.2, -0.15) is 0 Å². The maximum Gasteiger partial charge on any atom is 0.249 e. The number of primary amides is 1. The van der Waals surface area contributed by atoms with Gasteiger partial charge in [-0.1, -0.05) is 42.8 Å². The van der Waals surface area contributed by atoms with Gasteiger partial charge in [0.15, 0.2) is 0 Å². The molecule has 0 radical (unpaired) electrons. The summed E-state index contributed by atoms with van der Waals surface area (Å²) < 4.78 is 5.45. The van der Waals surface area contributed by atoms with Crippen LogP contribution in [0.15, 0.2) is 12.1 Å². The second-order valence-electron chi connectivity index (χ2n) is 4.93. The zero-order chi connectivity index (χ0) is 13.2. The molecular weight excluding hydrogens is 282 g/mol. The quantitative estimate of drug-likeness (QED) is 0.872. The van der Waals surface area contributed by atoms with Crippen LogP contribution in [0.25, 0.3) is 0 Å². The molecule has 0 aliphatic heterocycles. The molecule has 94 valence electrons. The van der Waals surface area contributed by atoms with Crippen LogP contribution in [0, 0.1) is 0 Å². The highest BCUT2D eigenvalue weighted by Crippen LogP contribution is 2.37. The maximum absolute atomic E-state index is 11.5. The van der Waals surface area contributed by atoms with E-state index in [1.165, 1.54) is 0 Å². The lowest BCUT2D eigenvalue weighted by molar-refractivity contribution is 0.0997. The number of alkyl halides is 1. The van der Waals surface area contributed by atoms with E-state index in [-0.39, 0.29) is 5.41 Å². The second kappa shape index (κ2) is 5.08. The van der Waals surface area contributed by atoms with Gasteiger partial charge in [0.25, 0.3) is 0 Å².